The highest BCUT2D eigenvalue weighted by Gasteiger charge is 2.24. The lowest BCUT2D eigenvalue weighted by atomic mass is 10.3. The van der Waals surface area contributed by atoms with E-state index in [-0.39, 0.29) is 16.5 Å². The third-order valence-corrected chi connectivity index (χ3v) is 4.06. The molecule has 2 rings (SSSR count). The quantitative estimate of drug-likeness (QED) is 0.900. The average molecular weight is 315 g/mol. The molecule has 0 aliphatic carbocycles. The van der Waals surface area contributed by atoms with Gasteiger partial charge in [0.15, 0.2) is 20.6 Å². The number of rotatable bonds is 4. The SMILES string of the molecule is CCNc1nn(-c2ccc(Cl)cc2)c(N)c1S(C)(=O)=O. The van der Waals surface area contributed by atoms with Crippen LogP contribution in [0.5, 0.6) is 0 Å². The zero-order valence-corrected chi connectivity index (χ0v) is 12.7. The standard InChI is InChI=1S/C12H15ClN4O2S/c1-3-15-12-10(20(2,18)19)11(14)17(16-12)9-6-4-8(13)5-7-9/h4-7H,3,14H2,1-2H3,(H,15,16). The molecule has 0 spiro atoms. The first-order valence-corrected chi connectivity index (χ1v) is 8.20. The van der Waals surface area contributed by atoms with Crippen LogP contribution in [-0.4, -0.2) is 31.0 Å². The summed E-state index contributed by atoms with van der Waals surface area (Å²) in [5.41, 5.74) is 6.58. The summed E-state index contributed by atoms with van der Waals surface area (Å²) < 4.78 is 25.1. The van der Waals surface area contributed by atoms with Crippen molar-refractivity contribution in [1.29, 1.82) is 0 Å². The summed E-state index contributed by atoms with van der Waals surface area (Å²) in [6.45, 7) is 2.39. The maximum absolute atomic E-state index is 11.9. The summed E-state index contributed by atoms with van der Waals surface area (Å²) in [6, 6.07) is 6.80. The Morgan fingerprint density at radius 2 is 1.95 bits per heavy atom. The van der Waals surface area contributed by atoms with Crippen LogP contribution >= 0.6 is 11.6 Å². The maximum Gasteiger partial charge on any atom is 0.182 e. The minimum absolute atomic E-state index is 0.00861. The molecule has 20 heavy (non-hydrogen) atoms. The van der Waals surface area contributed by atoms with Crippen molar-refractivity contribution in [3.05, 3.63) is 29.3 Å². The van der Waals surface area contributed by atoms with Crippen molar-refractivity contribution in [2.75, 3.05) is 23.9 Å². The normalized spacial score (nSPS) is 11.6. The van der Waals surface area contributed by atoms with Gasteiger partial charge in [-0.1, -0.05) is 11.6 Å². The molecule has 1 aromatic heterocycles. The highest BCUT2D eigenvalue weighted by molar-refractivity contribution is 7.91. The third-order valence-electron chi connectivity index (χ3n) is 2.66. The van der Waals surface area contributed by atoms with Gasteiger partial charge in [0.1, 0.15) is 5.82 Å². The molecule has 0 unspecified atom stereocenters. The molecule has 0 aliphatic rings. The predicted octanol–water partition coefficient (Wildman–Crippen LogP) is 1.94. The Hall–Kier alpha value is -1.73. The average Bonchev–Trinajstić information content (AvgIpc) is 2.67. The Bertz CT molecular complexity index is 723. The zero-order chi connectivity index (χ0) is 14.9. The fraction of sp³-hybridized carbons (Fsp3) is 0.250. The fourth-order valence-electron chi connectivity index (χ4n) is 1.84. The number of anilines is 2. The van der Waals surface area contributed by atoms with Gasteiger partial charge in [0.05, 0.1) is 5.69 Å². The number of nitrogens with two attached hydrogens (primary N) is 1. The van der Waals surface area contributed by atoms with Crippen molar-refractivity contribution < 1.29 is 8.42 Å². The number of nitrogens with zero attached hydrogens (tertiary/aromatic N) is 2. The van der Waals surface area contributed by atoms with Gasteiger partial charge in [0.2, 0.25) is 0 Å². The van der Waals surface area contributed by atoms with Crippen molar-refractivity contribution in [1.82, 2.24) is 9.78 Å². The highest BCUT2D eigenvalue weighted by atomic mass is 35.5. The number of aromatic nitrogens is 2. The fourth-order valence-corrected chi connectivity index (χ4v) is 2.90. The maximum atomic E-state index is 11.9. The van der Waals surface area contributed by atoms with Gasteiger partial charge in [-0.25, -0.2) is 13.1 Å². The van der Waals surface area contributed by atoms with Crippen LogP contribution in [-0.2, 0) is 9.84 Å². The number of sulfone groups is 1. The van der Waals surface area contributed by atoms with Gasteiger partial charge in [-0.3, -0.25) is 0 Å². The molecule has 6 nitrogen and oxygen atoms in total. The van der Waals surface area contributed by atoms with Gasteiger partial charge >= 0.3 is 0 Å². The second-order valence-electron chi connectivity index (χ2n) is 4.25. The van der Waals surface area contributed by atoms with Crippen molar-refractivity contribution in [2.24, 2.45) is 0 Å². The van der Waals surface area contributed by atoms with E-state index in [4.69, 9.17) is 17.3 Å². The number of hydrogen-bond acceptors (Lipinski definition) is 5. The molecule has 1 aromatic carbocycles. The van der Waals surface area contributed by atoms with Crippen molar-refractivity contribution in [3.8, 4) is 5.69 Å². The minimum Gasteiger partial charge on any atom is -0.382 e. The minimum atomic E-state index is -3.48. The van der Waals surface area contributed by atoms with Crippen LogP contribution in [0, 0.1) is 0 Å². The summed E-state index contributed by atoms with van der Waals surface area (Å²) in [6.07, 6.45) is 1.10. The van der Waals surface area contributed by atoms with E-state index >= 15 is 0 Å². The number of halogens is 1. The molecule has 8 heteroatoms. The summed E-state index contributed by atoms with van der Waals surface area (Å²) in [5, 5.41) is 7.71. The van der Waals surface area contributed by atoms with E-state index in [1.54, 1.807) is 24.3 Å². The van der Waals surface area contributed by atoms with Crippen molar-refractivity contribution >= 4 is 33.1 Å². The third kappa shape index (κ3) is 2.73. The smallest absolute Gasteiger partial charge is 0.182 e. The summed E-state index contributed by atoms with van der Waals surface area (Å²) >= 11 is 5.83. The van der Waals surface area contributed by atoms with E-state index in [0.29, 0.717) is 17.3 Å². The van der Waals surface area contributed by atoms with E-state index in [2.05, 4.69) is 10.4 Å². The lowest BCUT2D eigenvalue weighted by Gasteiger charge is -2.04. The topological polar surface area (TPSA) is 90.0 Å². The number of nitrogens with one attached hydrogen (secondary N) is 1. The molecule has 0 atom stereocenters. The summed E-state index contributed by atoms with van der Waals surface area (Å²) in [7, 11) is -3.48. The first kappa shape index (κ1) is 14.7. The first-order chi connectivity index (χ1) is 9.34. The Balaban J connectivity index is 2.64. The number of nitrogen functional groups attached to an aromatic ring is 1. The molecule has 0 aliphatic heterocycles. The van der Waals surface area contributed by atoms with Gasteiger partial charge in [0, 0.05) is 17.8 Å². The monoisotopic (exact) mass is 314 g/mol. The van der Waals surface area contributed by atoms with Crippen LogP contribution in [0.4, 0.5) is 11.6 Å². The molecule has 0 bridgehead atoms. The second-order valence-corrected chi connectivity index (χ2v) is 6.64. The molecule has 0 saturated carbocycles. The Labute approximate surface area is 122 Å². The Kier molecular flexibility index (Phi) is 3.92. The largest absolute Gasteiger partial charge is 0.382 e. The number of benzene rings is 1. The van der Waals surface area contributed by atoms with Gasteiger partial charge in [-0.05, 0) is 31.2 Å². The van der Waals surface area contributed by atoms with Gasteiger partial charge in [-0.15, -0.1) is 5.10 Å². The Morgan fingerprint density at radius 1 is 1.35 bits per heavy atom. The predicted molar refractivity (Wildman–Crippen MR) is 80.3 cm³/mol. The van der Waals surface area contributed by atoms with Crippen LogP contribution < -0.4 is 11.1 Å². The van der Waals surface area contributed by atoms with E-state index < -0.39 is 9.84 Å². The molecule has 0 fully saturated rings. The lowest BCUT2D eigenvalue weighted by Crippen LogP contribution is -2.06. The van der Waals surface area contributed by atoms with Gasteiger partial charge in [0.25, 0.3) is 0 Å². The highest BCUT2D eigenvalue weighted by Crippen LogP contribution is 2.29. The van der Waals surface area contributed by atoms with Crippen LogP contribution in [0.3, 0.4) is 0 Å². The molecule has 3 N–H and O–H groups in total. The van der Waals surface area contributed by atoms with E-state index in [1.807, 2.05) is 6.92 Å². The molecule has 1 heterocycles. The van der Waals surface area contributed by atoms with E-state index in [1.165, 1.54) is 4.68 Å². The first-order valence-electron chi connectivity index (χ1n) is 5.93. The van der Waals surface area contributed by atoms with Crippen LogP contribution in [0.15, 0.2) is 29.2 Å². The molecule has 0 radical (unpaired) electrons. The number of hydrogen-bond donors (Lipinski definition) is 2. The molecule has 0 saturated heterocycles. The van der Waals surface area contributed by atoms with Gasteiger partial charge in [-0.2, -0.15) is 0 Å². The van der Waals surface area contributed by atoms with Crippen molar-refractivity contribution in [2.45, 2.75) is 11.8 Å². The molecule has 108 valence electrons. The van der Waals surface area contributed by atoms with Crippen LogP contribution in [0.1, 0.15) is 6.92 Å². The molecular weight excluding hydrogens is 300 g/mol. The molecular formula is C12H15ClN4O2S. The molecule has 2 aromatic rings. The van der Waals surface area contributed by atoms with Crippen LogP contribution in [0.25, 0.3) is 5.69 Å². The Morgan fingerprint density at radius 3 is 2.45 bits per heavy atom. The van der Waals surface area contributed by atoms with E-state index in [0.717, 1.165) is 6.26 Å². The summed E-state index contributed by atoms with van der Waals surface area (Å²) in [4.78, 5) is 0.00861. The summed E-state index contributed by atoms with van der Waals surface area (Å²) in [5.74, 6) is 0.327. The second kappa shape index (κ2) is 5.34. The van der Waals surface area contributed by atoms with Crippen molar-refractivity contribution in [3.63, 3.8) is 0 Å². The zero-order valence-electron chi connectivity index (χ0n) is 11.1. The molecule has 0 amide bonds. The lowest BCUT2D eigenvalue weighted by molar-refractivity contribution is 0.602. The van der Waals surface area contributed by atoms with Gasteiger partial charge < -0.3 is 11.1 Å². The van der Waals surface area contributed by atoms with Crippen LogP contribution in [0.2, 0.25) is 5.02 Å². The van der Waals surface area contributed by atoms with E-state index in [9.17, 15) is 8.42 Å².